The molecular weight excluding hydrogens is 531 g/mol. The van der Waals surface area contributed by atoms with Crippen molar-refractivity contribution in [1.82, 2.24) is 15.5 Å². The van der Waals surface area contributed by atoms with Gasteiger partial charge in [0.2, 0.25) is 5.91 Å². The number of carbonyl (C=O) groups excluding carboxylic acids is 1. The Morgan fingerprint density at radius 2 is 1.81 bits per heavy atom. The molecule has 2 fully saturated rings. The Kier molecular flexibility index (Phi) is 9.40. The van der Waals surface area contributed by atoms with Gasteiger partial charge >= 0.3 is 0 Å². The minimum absolute atomic E-state index is 0. The molecule has 1 amide bonds. The molecule has 1 saturated heterocycles. The molecule has 0 bridgehead atoms. The van der Waals surface area contributed by atoms with Crippen molar-refractivity contribution < 1.29 is 4.79 Å². The third kappa shape index (κ3) is 6.25. The minimum atomic E-state index is 0. The van der Waals surface area contributed by atoms with Gasteiger partial charge in [-0.05, 0) is 41.8 Å². The molecule has 174 valence electrons. The Morgan fingerprint density at radius 3 is 2.44 bits per heavy atom. The van der Waals surface area contributed by atoms with Gasteiger partial charge in [0.25, 0.3) is 0 Å². The van der Waals surface area contributed by atoms with Gasteiger partial charge in [-0.2, -0.15) is 0 Å². The molecule has 4 rings (SSSR count). The van der Waals surface area contributed by atoms with Crippen molar-refractivity contribution in [2.75, 3.05) is 20.1 Å². The summed E-state index contributed by atoms with van der Waals surface area (Å²) >= 11 is 1.89. The van der Waals surface area contributed by atoms with Crippen molar-refractivity contribution in [2.24, 2.45) is 4.99 Å². The molecule has 2 heterocycles. The maximum absolute atomic E-state index is 11.8. The van der Waals surface area contributed by atoms with E-state index in [-0.39, 0.29) is 35.3 Å². The summed E-state index contributed by atoms with van der Waals surface area (Å²) in [6.45, 7) is 3.27. The summed E-state index contributed by atoms with van der Waals surface area (Å²) in [5, 5.41) is 9.27. The summed E-state index contributed by atoms with van der Waals surface area (Å²) in [5.41, 5.74) is 2.64. The van der Waals surface area contributed by atoms with Crippen molar-refractivity contribution in [1.29, 1.82) is 0 Å². The first-order valence-corrected chi connectivity index (χ1v) is 12.4. The van der Waals surface area contributed by atoms with Gasteiger partial charge in [0.1, 0.15) is 0 Å². The zero-order valence-electron chi connectivity index (χ0n) is 18.9. The van der Waals surface area contributed by atoms with Gasteiger partial charge in [0, 0.05) is 49.9 Å². The molecule has 0 spiro atoms. The third-order valence-corrected chi connectivity index (χ3v) is 7.82. The summed E-state index contributed by atoms with van der Waals surface area (Å²) in [7, 11) is 1.84. The predicted octanol–water partition coefficient (Wildman–Crippen LogP) is 5.06. The molecule has 32 heavy (non-hydrogen) atoms. The molecule has 2 aromatic rings. The van der Waals surface area contributed by atoms with Crippen LogP contribution < -0.4 is 10.6 Å². The molecule has 1 aromatic heterocycles. The number of nitrogens with zero attached hydrogens (tertiary/aromatic N) is 2. The molecule has 5 nitrogen and oxygen atoms in total. The number of likely N-dealkylation sites (tertiary alicyclic amines) is 1. The molecule has 1 saturated carbocycles. The van der Waals surface area contributed by atoms with Crippen LogP contribution in [0.2, 0.25) is 0 Å². The molecule has 0 atom stereocenters. The van der Waals surface area contributed by atoms with E-state index in [1.165, 1.54) is 48.1 Å². The molecule has 0 radical (unpaired) electrons. The van der Waals surface area contributed by atoms with E-state index < -0.39 is 0 Å². The molecule has 2 N–H and O–H groups in total. The van der Waals surface area contributed by atoms with Crippen LogP contribution in [-0.4, -0.2) is 36.9 Å². The number of nitrogens with one attached hydrogen (secondary N) is 2. The smallest absolute Gasteiger partial charge is 0.222 e. The number of carbonyl (C=O) groups is 1. The second-order valence-corrected chi connectivity index (χ2v) is 9.78. The number of amides is 1. The predicted molar refractivity (Wildman–Crippen MR) is 144 cm³/mol. The number of aliphatic imine (C=N–C) groups is 1. The zero-order chi connectivity index (χ0) is 21.5. The lowest BCUT2D eigenvalue weighted by Gasteiger charge is -2.37. The highest BCUT2D eigenvalue weighted by Crippen LogP contribution is 2.41. The highest BCUT2D eigenvalue weighted by Gasteiger charge is 2.34. The normalized spacial score (nSPS) is 18.3. The van der Waals surface area contributed by atoms with Gasteiger partial charge in [-0.3, -0.25) is 9.79 Å². The van der Waals surface area contributed by atoms with Crippen LogP contribution in [0.4, 0.5) is 0 Å². The first-order valence-electron chi connectivity index (χ1n) is 11.5. The van der Waals surface area contributed by atoms with Crippen LogP contribution in [-0.2, 0) is 23.3 Å². The molecule has 1 aliphatic heterocycles. The summed E-state index contributed by atoms with van der Waals surface area (Å²) < 4.78 is 0. The molecule has 0 unspecified atom stereocenters. The van der Waals surface area contributed by atoms with Crippen LogP contribution in [0.1, 0.15) is 60.9 Å². The third-order valence-electron chi connectivity index (χ3n) is 6.70. The van der Waals surface area contributed by atoms with Crippen LogP contribution >= 0.6 is 35.3 Å². The standard InChI is InChI=1S/C25H34N4OS.HI/c1-26-24(28-19-25(13-3-2-4-14-25)22-7-6-16-31-22)27-17-20-9-11-21(12-10-20)18-29-15-5-8-23(29)30;/h6-7,9-12,16H,2-5,8,13-15,17-19H2,1H3,(H2,26,27,28);1H. The van der Waals surface area contributed by atoms with Crippen molar-refractivity contribution in [2.45, 2.75) is 63.5 Å². The number of hydrogen-bond donors (Lipinski definition) is 2. The minimum Gasteiger partial charge on any atom is -0.355 e. The number of hydrogen-bond acceptors (Lipinski definition) is 3. The largest absolute Gasteiger partial charge is 0.355 e. The number of thiophene rings is 1. The number of halogens is 1. The fourth-order valence-electron chi connectivity index (χ4n) is 4.83. The second kappa shape index (κ2) is 12.0. The van der Waals surface area contributed by atoms with Crippen molar-refractivity contribution in [3.63, 3.8) is 0 Å². The molecular formula is C25H35IN4OS. The van der Waals surface area contributed by atoms with E-state index in [1.54, 1.807) is 0 Å². The first-order chi connectivity index (χ1) is 15.2. The van der Waals surface area contributed by atoms with Crippen LogP contribution in [0.15, 0.2) is 46.8 Å². The van der Waals surface area contributed by atoms with E-state index in [2.05, 4.69) is 57.4 Å². The lowest BCUT2D eigenvalue weighted by molar-refractivity contribution is -0.128. The average molecular weight is 567 g/mol. The van der Waals surface area contributed by atoms with Gasteiger partial charge < -0.3 is 15.5 Å². The van der Waals surface area contributed by atoms with Gasteiger partial charge in [-0.25, -0.2) is 0 Å². The highest BCUT2D eigenvalue weighted by atomic mass is 127. The Hall–Kier alpha value is -1.61. The fraction of sp³-hybridized carbons (Fsp3) is 0.520. The SMILES string of the molecule is CN=C(NCc1ccc(CN2CCCC2=O)cc1)NCC1(c2cccs2)CCCCC1.I. The Balaban J connectivity index is 0.00000289. The number of guanidine groups is 1. The first kappa shape index (κ1) is 25.0. The van der Waals surface area contributed by atoms with Gasteiger partial charge in [-0.1, -0.05) is 49.6 Å². The Labute approximate surface area is 213 Å². The topological polar surface area (TPSA) is 56.7 Å². The van der Waals surface area contributed by atoms with E-state index >= 15 is 0 Å². The summed E-state index contributed by atoms with van der Waals surface area (Å²) in [4.78, 5) is 19.7. The van der Waals surface area contributed by atoms with Gasteiger partial charge in [0.15, 0.2) is 5.96 Å². The summed E-state index contributed by atoms with van der Waals surface area (Å²) in [6, 6.07) is 13.0. The van der Waals surface area contributed by atoms with Crippen LogP contribution in [0.5, 0.6) is 0 Å². The van der Waals surface area contributed by atoms with E-state index in [4.69, 9.17) is 0 Å². The Morgan fingerprint density at radius 1 is 1.06 bits per heavy atom. The number of benzene rings is 1. The van der Waals surface area contributed by atoms with E-state index in [1.807, 2.05) is 23.3 Å². The Bertz CT molecular complexity index is 876. The van der Waals surface area contributed by atoms with Crippen LogP contribution in [0.3, 0.4) is 0 Å². The highest BCUT2D eigenvalue weighted by molar-refractivity contribution is 14.0. The number of rotatable bonds is 7. The van der Waals surface area contributed by atoms with Crippen LogP contribution in [0, 0.1) is 0 Å². The van der Waals surface area contributed by atoms with Crippen molar-refractivity contribution in [3.05, 3.63) is 57.8 Å². The lowest BCUT2D eigenvalue weighted by atomic mass is 9.73. The maximum Gasteiger partial charge on any atom is 0.222 e. The van der Waals surface area contributed by atoms with Gasteiger partial charge in [-0.15, -0.1) is 35.3 Å². The zero-order valence-corrected chi connectivity index (χ0v) is 22.1. The van der Waals surface area contributed by atoms with Crippen molar-refractivity contribution >= 4 is 47.2 Å². The maximum atomic E-state index is 11.8. The quantitative estimate of drug-likeness (QED) is 0.280. The lowest BCUT2D eigenvalue weighted by Crippen LogP contribution is -2.46. The molecule has 1 aliphatic carbocycles. The van der Waals surface area contributed by atoms with E-state index in [0.717, 1.165) is 38.6 Å². The summed E-state index contributed by atoms with van der Waals surface area (Å²) in [6.07, 6.45) is 8.14. The average Bonchev–Trinajstić information content (AvgIpc) is 3.48. The molecule has 2 aliphatic rings. The molecule has 7 heteroatoms. The summed E-state index contributed by atoms with van der Waals surface area (Å²) in [5.74, 6) is 1.13. The second-order valence-electron chi connectivity index (χ2n) is 8.83. The van der Waals surface area contributed by atoms with Gasteiger partial charge in [0.05, 0.1) is 0 Å². The fourth-order valence-corrected chi connectivity index (χ4v) is 5.82. The monoisotopic (exact) mass is 566 g/mol. The molecule has 1 aromatic carbocycles. The van der Waals surface area contributed by atoms with Crippen LogP contribution in [0.25, 0.3) is 0 Å². The van der Waals surface area contributed by atoms with E-state index in [0.29, 0.717) is 6.42 Å². The van der Waals surface area contributed by atoms with E-state index in [9.17, 15) is 4.79 Å². The van der Waals surface area contributed by atoms with Crippen molar-refractivity contribution in [3.8, 4) is 0 Å².